The Labute approximate surface area is 184 Å². The number of nitrogens with zero attached hydrogens (tertiary/aromatic N) is 1. The highest BCUT2D eigenvalue weighted by Crippen LogP contribution is 2.31. The van der Waals surface area contributed by atoms with Gasteiger partial charge in [-0.05, 0) is 65.6 Å². The first-order valence-corrected chi connectivity index (χ1v) is 10.0. The van der Waals surface area contributed by atoms with Crippen LogP contribution in [0.2, 0.25) is 0 Å². The summed E-state index contributed by atoms with van der Waals surface area (Å²) >= 11 is 0. The number of nitrogens with two attached hydrogens (primary N) is 1. The van der Waals surface area contributed by atoms with E-state index in [0.717, 1.165) is 22.3 Å². The summed E-state index contributed by atoms with van der Waals surface area (Å²) < 4.78 is 20.4. The van der Waals surface area contributed by atoms with Crippen molar-refractivity contribution in [2.45, 2.75) is 13.5 Å². The van der Waals surface area contributed by atoms with E-state index in [4.69, 9.17) is 10.5 Å². The Morgan fingerprint density at radius 3 is 2.56 bits per heavy atom. The summed E-state index contributed by atoms with van der Waals surface area (Å²) in [6, 6.07) is 22.5. The van der Waals surface area contributed by atoms with Gasteiger partial charge in [-0.25, -0.2) is 14.2 Å². The average Bonchev–Trinajstić information content (AvgIpc) is 2.78. The standard InChI is InChI=1S/C26H21FN2O3/c1-16-11-19(18-6-2-5-17(13-18)15-28)14-20(12-16)32-24-10-4-9-23(29-24)25-21(26(30)31)7-3-8-22(25)27/h2-14H,15,28H2,1H3,(H,30,31). The van der Waals surface area contributed by atoms with Gasteiger partial charge in [-0.3, -0.25) is 0 Å². The Hall–Kier alpha value is -4.03. The predicted molar refractivity (Wildman–Crippen MR) is 121 cm³/mol. The molecule has 0 saturated heterocycles. The van der Waals surface area contributed by atoms with Crippen LogP contribution in [0.25, 0.3) is 22.4 Å². The smallest absolute Gasteiger partial charge is 0.336 e. The number of aryl methyl sites for hydroxylation is 1. The summed E-state index contributed by atoms with van der Waals surface area (Å²) in [6.07, 6.45) is 0. The van der Waals surface area contributed by atoms with Crippen molar-refractivity contribution in [3.05, 3.63) is 101 Å². The maximum absolute atomic E-state index is 14.5. The normalized spacial score (nSPS) is 10.7. The Morgan fingerprint density at radius 1 is 1.00 bits per heavy atom. The lowest BCUT2D eigenvalue weighted by atomic mass is 10.0. The van der Waals surface area contributed by atoms with E-state index in [-0.39, 0.29) is 22.7 Å². The zero-order valence-corrected chi connectivity index (χ0v) is 17.4. The van der Waals surface area contributed by atoms with Crippen LogP contribution in [0.1, 0.15) is 21.5 Å². The van der Waals surface area contributed by atoms with Gasteiger partial charge in [-0.1, -0.05) is 36.4 Å². The number of aromatic nitrogens is 1. The molecule has 5 nitrogen and oxygen atoms in total. The Balaban J connectivity index is 1.70. The quantitative estimate of drug-likeness (QED) is 0.405. The third kappa shape index (κ3) is 4.50. The summed E-state index contributed by atoms with van der Waals surface area (Å²) in [6.45, 7) is 2.42. The van der Waals surface area contributed by atoms with Gasteiger partial charge < -0.3 is 15.6 Å². The summed E-state index contributed by atoms with van der Waals surface area (Å²) in [5.41, 5.74) is 9.71. The van der Waals surface area contributed by atoms with E-state index in [1.54, 1.807) is 18.2 Å². The van der Waals surface area contributed by atoms with Crippen LogP contribution in [0, 0.1) is 12.7 Å². The molecule has 0 unspecified atom stereocenters. The van der Waals surface area contributed by atoms with Gasteiger partial charge in [-0.15, -0.1) is 0 Å². The predicted octanol–water partition coefficient (Wildman–Crippen LogP) is 5.81. The number of ether oxygens (including phenoxy) is 1. The molecule has 0 spiro atoms. The van der Waals surface area contributed by atoms with Crippen LogP contribution in [0.5, 0.6) is 11.6 Å². The third-order valence-electron chi connectivity index (χ3n) is 4.99. The highest BCUT2D eigenvalue weighted by atomic mass is 19.1. The number of carbonyl (C=O) groups is 1. The molecule has 4 aromatic rings. The first-order chi connectivity index (χ1) is 15.4. The number of hydrogen-bond donors (Lipinski definition) is 2. The SMILES string of the molecule is Cc1cc(Oc2cccc(-c3c(F)cccc3C(=O)O)n2)cc(-c2cccc(CN)c2)c1. The van der Waals surface area contributed by atoms with E-state index < -0.39 is 11.8 Å². The fraction of sp³-hybridized carbons (Fsp3) is 0.0769. The zero-order chi connectivity index (χ0) is 22.7. The molecule has 0 atom stereocenters. The number of hydrogen-bond acceptors (Lipinski definition) is 4. The van der Waals surface area contributed by atoms with Gasteiger partial charge in [0.2, 0.25) is 5.88 Å². The van der Waals surface area contributed by atoms with Crippen molar-refractivity contribution in [1.29, 1.82) is 0 Å². The van der Waals surface area contributed by atoms with Crippen molar-refractivity contribution in [2.24, 2.45) is 5.73 Å². The summed E-state index contributed by atoms with van der Waals surface area (Å²) in [5.74, 6) is -1.09. The number of carboxylic acids is 1. The van der Waals surface area contributed by atoms with Crippen molar-refractivity contribution < 1.29 is 19.0 Å². The van der Waals surface area contributed by atoms with Crippen molar-refractivity contribution >= 4 is 5.97 Å². The molecule has 0 fully saturated rings. The molecule has 32 heavy (non-hydrogen) atoms. The largest absolute Gasteiger partial charge is 0.478 e. The summed E-state index contributed by atoms with van der Waals surface area (Å²) in [7, 11) is 0. The molecule has 0 amide bonds. The number of carboxylic acid groups (broad SMARTS) is 1. The van der Waals surface area contributed by atoms with Crippen molar-refractivity contribution in [3.8, 4) is 34.0 Å². The highest BCUT2D eigenvalue weighted by molar-refractivity contribution is 5.95. The van der Waals surface area contributed by atoms with Crippen LogP contribution in [0.15, 0.2) is 78.9 Å². The number of benzene rings is 3. The van der Waals surface area contributed by atoms with E-state index in [2.05, 4.69) is 4.98 Å². The van der Waals surface area contributed by atoms with Gasteiger partial charge in [0, 0.05) is 12.6 Å². The van der Waals surface area contributed by atoms with Gasteiger partial charge in [0.05, 0.1) is 16.8 Å². The second-order valence-corrected chi connectivity index (χ2v) is 7.37. The van der Waals surface area contributed by atoms with Crippen molar-refractivity contribution in [2.75, 3.05) is 0 Å². The molecule has 0 aliphatic carbocycles. The van der Waals surface area contributed by atoms with Gasteiger partial charge in [0.1, 0.15) is 11.6 Å². The van der Waals surface area contributed by atoms with Crippen LogP contribution < -0.4 is 10.5 Å². The minimum absolute atomic E-state index is 0.0750. The Bertz CT molecular complexity index is 1300. The molecule has 0 aliphatic rings. The maximum Gasteiger partial charge on any atom is 0.336 e. The maximum atomic E-state index is 14.5. The number of halogens is 1. The molecule has 6 heteroatoms. The number of rotatable bonds is 6. The summed E-state index contributed by atoms with van der Waals surface area (Å²) in [5, 5.41) is 9.43. The van der Waals surface area contributed by atoms with E-state index >= 15 is 0 Å². The molecule has 0 saturated carbocycles. The molecular formula is C26H21FN2O3. The number of aromatic carboxylic acids is 1. The first kappa shape index (κ1) is 21.2. The van der Waals surface area contributed by atoms with Crippen LogP contribution in [0.3, 0.4) is 0 Å². The molecule has 3 N–H and O–H groups in total. The van der Waals surface area contributed by atoms with Crippen LogP contribution in [-0.2, 0) is 6.54 Å². The monoisotopic (exact) mass is 428 g/mol. The van der Waals surface area contributed by atoms with Crippen LogP contribution in [-0.4, -0.2) is 16.1 Å². The molecular weight excluding hydrogens is 407 g/mol. The van der Waals surface area contributed by atoms with Gasteiger partial charge in [-0.2, -0.15) is 0 Å². The van der Waals surface area contributed by atoms with Crippen LogP contribution >= 0.6 is 0 Å². The molecule has 1 heterocycles. The average molecular weight is 428 g/mol. The molecule has 160 valence electrons. The van der Waals surface area contributed by atoms with E-state index in [1.165, 1.54) is 18.2 Å². The van der Waals surface area contributed by atoms with Crippen molar-refractivity contribution in [1.82, 2.24) is 4.98 Å². The second kappa shape index (κ2) is 8.99. The lowest BCUT2D eigenvalue weighted by Crippen LogP contribution is -2.03. The lowest BCUT2D eigenvalue weighted by molar-refractivity contribution is 0.0697. The lowest BCUT2D eigenvalue weighted by Gasteiger charge is -2.12. The molecule has 4 rings (SSSR count). The molecule has 0 bridgehead atoms. The molecule has 0 aliphatic heterocycles. The van der Waals surface area contributed by atoms with E-state index in [1.807, 2.05) is 49.4 Å². The van der Waals surface area contributed by atoms with Gasteiger partial charge >= 0.3 is 5.97 Å². The van der Waals surface area contributed by atoms with E-state index in [0.29, 0.717) is 12.3 Å². The summed E-state index contributed by atoms with van der Waals surface area (Å²) in [4.78, 5) is 15.9. The van der Waals surface area contributed by atoms with Gasteiger partial charge in [0.25, 0.3) is 0 Å². The third-order valence-corrected chi connectivity index (χ3v) is 4.99. The van der Waals surface area contributed by atoms with Gasteiger partial charge in [0.15, 0.2) is 0 Å². The van der Waals surface area contributed by atoms with Crippen molar-refractivity contribution in [3.63, 3.8) is 0 Å². The molecule has 3 aromatic carbocycles. The topological polar surface area (TPSA) is 85.4 Å². The minimum atomic E-state index is -1.23. The Morgan fingerprint density at radius 2 is 1.78 bits per heavy atom. The highest BCUT2D eigenvalue weighted by Gasteiger charge is 2.17. The fourth-order valence-corrected chi connectivity index (χ4v) is 3.55. The molecule has 0 radical (unpaired) electrons. The number of pyridine rings is 1. The van der Waals surface area contributed by atoms with E-state index in [9.17, 15) is 14.3 Å². The zero-order valence-electron chi connectivity index (χ0n) is 17.4. The minimum Gasteiger partial charge on any atom is -0.478 e. The first-order valence-electron chi connectivity index (χ1n) is 10.0. The second-order valence-electron chi connectivity index (χ2n) is 7.37. The van der Waals surface area contributed by atoms with Crippen LogP contribution in [0.4, 0.5) is 4.39 Å². The molecule has 1 aromatic heterocycles. The fourth-order valence-electron chi connectivity index (χ4n) is 3.55. The Kier molecular flexibility index (Phi) is 5.96.